The number of nitrogens with one attached hydrogen (secondary N) is 1. The fourth-order valence-electron chi connectivity index (χ4n) is 3.08. The van der Waals surface area contributed by atoms with Gasteiger partial charge in [0, 0.05) is 19.7 Å². The number of para-hydroxylation sites is 2. The lowest BCUT2D eigenvalue weighted by molar-refractivity contribution is -0.138. The van der Waals surface area contributed by atoms with Crippen LogP contribution in [0.2, 0.25) is 0 Å². The zero-order valence-electron chi connectivity index (χ0n) is 14.0. The largest absolute Gasteiger partial charge is 0.377 e. The number of carbonyl (C=O) groups excluding carboxylic acids is 1. The minimum Gasteiger partial charge on any atom is -0.377 e. The Labute approximate surface area is 144 Å². The number of aliphatic hydroxyl groups is 1. The third kappa shape index (κ3) is 2.38. The number of carbonyl (C=O) groups is 1. The molecule has 2 aromatic carbocycles. The minimum atomic E-state index is -1.31. The maximum Gasteiger partial charge on any atom is 0.257 e. The predicted molar refractivity (Wildman–Crippen MR) is 96.1 cm³/mol. The first-order valence-electron chi connectivity index (χ1n) is 8.01. The van der Waals surface area contributed by atoms with Gasteiger partial charge in [0.05, 0.1) is 22.4 Å². The number of nitrogens with zero attached hydrogens (tertiary/aromatic N) is 3. The molecule has 0 saturated carbocycles. The number of imidazole rings is 2. The molecule has 2 heterocycles. The third-order valence-corrected chi connectivity index (χ3v) is 4.29. The Kier molecular flexibility index (Phi) is 3.54. The van der Waals surface area contributed by atoms with E-state index in [-0.39, 0.29) is 5.91 Å². The maximum absolute atomic E-state index is 12.5. The lowest BCUT2D eigenvalue weighted by Crippen LogP contribution is -2.29. The van der Waals surface area contributed by atoms with Gasteiger partial charge < -0.3 is 15.0 Å². The van der Waals surface area contributed by atoms with E-state index in [1.165, 1.54) is 4.90 Å². The van der Waals surface area contributed by atoms with Gasteiger partial charge in [0.15, 0.2) is 6.10 Å². The summed E-state index contributed by atoms with van der Waals surface area (Å²) in [5.41, 5.74) is 3.69. The maximum atomic E-state index is 12.5. The highest BCUT2D eigenvalue weighted by atomic mass is 16.3. The first-order valence-corrected chi connectivity index (χ1v) is 8.01. The van der Waals surface area contributed by atoms with Crippen molar-refractivity contribution in [1.82, 2.24) is 19.3 Å². The molecule has 0 radical (unpaired) electrons. The van der Waals surface area contributed by atoms with Gasteiger partial charge in [0.1, 0.15) is 0 Å². The molecule has 2 N–H and O–H groups in total. The van der Waals surface area contributed by atoms with Crippen molar-refractivity contribution in [2.45, 2.75) is 6.10 Å². The first-order chi connectivity index (χ1) is 12.1. The van der Waals surface area contributed by atoms with E-state index in [0.29, 0.717) is 17.2 Å². The zero-order chi connectivity index (χ0) is 17.6. The molecule has 4 aromatic rings. The van der Waals surface area contributed by atoms with Gasteiger partial charge in [-0.05, 0) is 12.1 Å². The van der Waals surface area contributed by atoms with Crippen molar-refractivity contribution in [3.8, 4) is 11.3 Å². The van der Waals surface area contributed by atoms with Crippen LogP contribution in [0.4, 0.5) is 0 Å². The molecule has 0 aliphatic carbocycles. The number of aliphatic hydroxyl groups excluding tert-OH is 1. The number of likely N-dealkylation sites (N-methyl/N-ethyl adjacent to an activating group) is 1. The van der Waals surface area contributed by atoms with Gasteiger partial charge in [-0.15, -0.1) is 0 Å². The molecule has 0 fully saturated rings. The number of aromatic nitrogens is 3. The third-order valence-electron chi connectivity index (χ3n) is 4.29. The number of amides is 1. The Morgan fingerprint density at radius 3 is 2.52 bits per heavy atom. The van der Waals surface area contributed by atoms with Crippen LogP contribution in [0.5, 0.6) is 0 Å². The van der Waals surface area contributed by atoms with Crippen molar-refractivity contribution in [2.75, 3.05) is 14.1 Å². The summed E-state index contributed by atoms with van der Waals surface area (Å²) >= 11 is 0. The van der Waals surface area contributed by atoms with Gasteiger partial charge >= 0.3 is 0 Å². The normalized spacial score (nSPS) is 12.6. The average molecular weight is 334 g/mol. The summed E-state index contributed by atoms with van der Waals surface area (Å²) in [7, 11) is 3.25. The predicted octanol–water partition coefficient (Wildman–Crippen LogP) is 2.60. The molecule has 1 atom stereocenters. The van der Waals surface area contributed by atoms with E-state index in [4.69, 9.17) is 0 Å². The van der Waals surface area contributed by atoms with Gasteiger partial charge in [-0.2, -0.15) is 0 Å². The molecule has 25 heavy (non-hydrogen) atoms. The van der Waals surface area contributed by atoms with Crippen LogP contribution in [-0.4, -0.2) is 44.4 Å². The van der Waals surface area contributed by atoms with Crippen LogP contribution >= 0.6 is 0 Å². The number of rotatable bonds is 3. The monoisotopic (exact) mass is 334 g/mol. The summed E-state index contributed by atoms with van der Waals surface area (Å²) in [6, 6.07) is 17.3. The summed E-state index contributed by atoms with van der Waals surface area (Å²) in [5, 5.41) is 10.8. The molecule has 0 aliphatic heterocycles. The first kappa shape index (κ1) is 15.4. The Balaban J connectivity index is 2.05. The summed E-state index contributed by atoms with van der Waals surface area (Å²) in [4.78, 5) is 21.7. The highest BCUT2D eigenvalue weighted by molar-refractivity contribution is 5.87. The fraction of sp³-hybridized carbons (Fsp3) is 0.158. The van der Waals surface area contributed by atoms with Crippen molar-refractivity contribution < 1.29 is 9.90 Å². The molecule has 0 aliphatic rings. The van der Waals surface area contributed by atoms with Crippen molar-refractivity contribution in [3.63, 3.8) is 0 Å². The standard InChI is InChI=1S/C19H18N4O2/c1-22(2)18(25)17(24)16-15(12-8-4-3-5-9-12)21-19-20-13-10-6-7-11-14(13)23(16)19/h3-11,17,24H,1-2H3,(H,20,21). The van der Waals surface area contributed by atoms with Gasteiger partial charge in [0.25, 0.3) is 5.91 Å². The second-order valence-corrected chi connectivity index (χ2v) is 6.15. The molecule has 0 saturated heterocycles. The molecule has 0 bridgehead atoms. The van der Waals surface area contributed by atoms with Crippen LogP contribution in [0.15, 0.2) is 54.6 Å². The molecule has 4 rings (SSSR count). The van der Waals surface area contributed by atoms with Gasteiger partial charge in [0.2, 0.25) is 5.78 Å². The molecule has 6 nitrogen and oxygen atoms in total. The number of aromatic amines is 1. The Bertz CT molecular complexity index is 1060. The smallest absolute Gasteiger partial charge is 0.257 e. The SMILES string of the molecule is CN(C)C(=O)C(O)c1c(-c2ccccc2)nc2[nH]c3ccccc3n12. The van der Waals surface area contributed by atoms with E-state index in [9.17, 15) is 9.90 Å². The van der Waals surface area contributed by atoms with Gasteiger partial charge in [-0.25, -0.2) is 4.98 Å². The highest BCUT2D eigenvalue weighted by Crippen LogP contribution is 2.32. The summed E-state index contributed by atoms with van der Waals surface area (Å²) in [5.74, 6) is 0.213. The molecule has 6 heteroatoms. The van der Waals surface area contributed by atoms with Crippen molar-refractivity contribution in [3.05, 3.63) is 60.3 Å². The van der Waals surface area contributed by atoms with Crippen LogP contribution in [0.1, 0.15) is 11.8 Å². The molecule has 1 amide bonds. The summed E-state index contributed by atoms with van der Waals surface area (Å²) in [6.07, 6.45) is -1.31. The summed E-state index contributed by atoms with van der Waals surface area (Å²) < 4.78 is 1.82. The van der Waals surface area contributed by atoms with Crippen LogP contribution in [0, 0.1) is 0 Å². The van der Waals surface area contributed by atoms with E-state index in [1.54, 1.807) is 14.1 Å². The van der Waals surface area contributed by atoms with E-state index in [1.807, 2.05) is 59.0 Å². The van der Waals surface area contributed by atoms with E-state index < -0.39 is 6.10 Å². The second kappa shape index (κ2) is 5.75. The van der Waals surface area contributed by atoms with Crippen LogP contribution in [-0.2, 0) is 4.79 Å². The van der Waals surface area contributed by atoms with Crippen LogP contribution < -0.4 is 0 Å². The van der Waals surface area contributed by atoms with Crippen molar-refractivity contribution >= 4 is 22.7 Å². The second-order valence-electron chi connectivity index (χ2n) is 6.15. The molecule has 126 valence electrons. The number of H-pyrrole nitrogens is 1. The van der Waals surface area contributed by atoms with E-state index in [0.717, 1.165) is 16.6 Å². The molecule has 1 unspecified atom stereocenters. The Hall–Kier alpha value is -3.12. The van der Waals surface area contributed by atoms with Crippen LogP contribution in [0.3, 0.4) is 0 Å². The van der Waals surface area contributed by atoms with E-state index >= 15 is 0 Å². The zero-order valence-corrected chi connectivity index (χ0v) is 14.0. The Morgan fingerprint density at radius 1 is 1.12 bits per heavy atom. The number of fused-ring (bicyclic) bond motifs is 3. The molecular formula is C19H18N4O2. The van der Waals surface area contributed by atoms with E-state index in [2.05, 4.69) is 9.97 Å². The molecule has 2 aromatic heterocycles. The quantitative estimate of drug-likeness (QED) is 0.605. The van der Waals surface area contributed by atoms with Gasteiger partial charge in [-0.3, -0.25) is 9.20 Å². The molecule has 0 spiro atoms. The van der Waals surface area contributed by atoms with Gasteiger partial charge in [-0.1, -0.05) is 42.5 Å². The fourth-order valence-corrected chi connectivity index (χ4v) is 3.08. The Morgan fingerprint density at radius 2 is 1.80 bits per heavy atom. The number of hydrogen-bond acceptors (Lipinski definition) is 3. The lowest BCUT2D eigenvalue weighted by atomic mass is 10.1. The average Bonchev–Trinajstić information content (AvgIpc) is 3.17. The summed E-state index contributed by atoms with van der Waals surface area (Å²) in [6.45, 7) is 0. The topological polar surface area (TPSA) is 73.6 Å². The minimum absolute atomic E-state index is 0.385. The highest BCUT2D eigenvalue weighted by Gasteiger charge is 2.29. The lowest BCUT2D eigenvalue weighted by Gasteiger charge is -2.17. The molecular weight excluding hydrogens is 316 g/mol. The van der Waals surface area contributed by atoms with Crippen molar-refractivity contribution in [2.24, 2.45) is 0 Å². The number of hydrogen-bond donors (Lipinski definition) is 2. The van der Waals surface area contributed by atoms with Crippen molar-refractivity contribution in [1.29, 1.82) is 0 Å². The van der Waals surface area contributed by atoms with Crippen LogP contribution in [0.25, 0.3) is 28.1 Å². The number of benzene rings is 2.